The van der Waals surface area contributed by atoms with E-state index in [-0.39, 0.29) is 17.6 Å². The van der Waals surface area contributed by atoms with E-state index >= 15 is 0 Å². The molecule has 0 unspecified atom stereocenters. The molecular formula is C21H23F3N2O5S. The highest BCUT2D eigenvalue weighted by molar-refractivity contribution is 7.08. The maximum absolute atomic E-state index is 12.6. The fraction of sp³-hybridized carbons (Fsp3) is 0.476. The molecule has 2 aliphatic rings. The first-order valence-electron chi connectivity index (χ1n) is 9.95. The number of aromatic nitrogens is 1. The minimum Gasteiger partial charge on any atom is -0.475 e. The molecule has 1 amide bonds. The second-order valence-electron chi connectivity index (χ2n) is 7.63. The third kappa shape index (κ3) is 6.50. The third-order valence-corrected chi connectivity index (χ3v) is 5.93. The molecule has 4 rings (SSSR count). The predicted octanol–water partition coefficient (Wildman–Crippen LogP) is 3.76. The van der Waals surface area contributed by atoms with Crippen molar-refractivity contribution in [2.75, 3.05) is 19.7 Å². The van der Waals surface area contributed by atoms with E-state index in [0.717, 1.165) is 36.9 Å². The van der Waals surface area contributed by atoms with Crippen molar-refractivity contribution in [2.45, 2.75) is 43.8 Å². The predicted molar refractivity (Wildman–Crippen MR) is 109 cm³/mol. The number of aliphatic carboxylic acids is 1. The number of carboxylic acids is 1. The zero-order valence-corrected chi connectivity index (χ0v) is 17.9. The number of thiophene rings is 1. The quantitative estimate of drug-likeness (QED) is 0.729. The van der Waals surface area contributed by atoms with Gasteiger partial charge in [0.05, 0.1) is 37.0 Å². The van der Waals surface area contributed by atoms with Gasteiger partial charge in [0.25, 0.3) is 5.91 Å². The van der Waals surface area contributed by atoms with Gasteiger partial charge in [0.1, 0.15) is 0 Å². The summed E-state index contributed by atoms with van der Waals surface area (Å²) in [5, 5.41) is 11.0. The molecular weight excluding hydrogens is 449 g/mol. The molecule has 0 radical (unpaired) electrons. The lowest BCUT2D eigenvalue weighted by Crippen LogP contribution is -2.50. The zero-order valence-electron chi connectivity index (χ0n) is 17.1. The summed E-state index contributed by atoms with van der Waals surface area (Å²) in [5.41, 5.74) is 1.66. The Balaban J connectivity index is 0.000000360. The van der Waals surface area contributed by atoms with E-state index in [1.54, 1.807) is 23.7 Å². The van der Waals surface area contributed by atoms with Crippen molar-refractivity contribution in [3.63, 3.8) is 0 Å². The number of likely N-dealkylation sites (tertiary alicyclic amines) is 1. The van der Waals surface area contributed by atoms with Crippen LogP contribution in [0.3, 0.4) is 0 Å². The number of nitrogens with zero attached hydrogens (tertiary/aromatic N) is 2. The summed E-state index contributed by atoms with van der Waals surface area (Å²) in [6, 6.07) is 5.82. The average molecular weight is 472 g/mol. The summed E-state index contributed by atoms with van der Waals surface area (Å²) in [7, 11) is 0. The first-order chi connectivity index (χ1) is 15.2. The van der Waals surface area contributed by atoms with Crippen LogP contribution >= 0.6 is 11.3 Å². The summed E-state index contributed by atoms with van der Waals surface area (Å²) in [5.74, 6) is -2.64. The number of ether oxygens (including phenoxy) is 2. The molecule has 1 N–H and O–H groups in total. The van der Waals surface area contributed by atoms with Crippen LogP contribution in [0.4, 0.5) is 13.2 Å². The SMILES string of the molecule is O=C(O)C(F)(F)F.O=C(c1ccsc1)N1CCC[C@]2(C[C@H](OCc3ccncc3)CO2)C1. The number of halogens is 3. The highest BCUT2D eigenvalue weighted by atomic mass is 32.1. The largest absolute Gasteiger partial charge is 0.490 e. The lowest BCUT2D eigenvalue weighted by atomic mass is 9.89. The van der Waals surface area contributed by atoms with Gasteiger partial charge >= 0.3 is 12.1 Å². The number of carbonyl (C=O) groups excluding carboxylic acids is 1. The molecule has 0 aliphatic carbocycles. The maximum Gasteiger partial charge on any atom is 0.490 e. The van der Waals surface area contributed by atoms with Crippen molar-refractivity contribution >= 4 is 23.2 Å². The number of hydrogen-bond acceptors (Lipinski definition) is 6. The van der Waals surface area contributed by atoms with Crippen molar-refractivity contribution in [1.82, 2.24) is 9.88 Å². The van der Waals surface area contributed by atoms with Gasteiger partial charge < -0.3 is 19.5 Å². The van der Waals surface area contributed by atoms with Crippen LogP contribution in [0.1, 0.15) is 35.2 Å². The Labute approximate surface area is 186 Å². The van der Waals surface area contributed by atoms with Crippen molar-refractivity contribution in [1.29, 1.82) is 0 Å². The van der Waals surface area contributed by atoms with Crippen molar-refractivity contribution < 1.29 is 37.3 Å². The Hall–Kier alpha value is -2.50. The molecule has 1 spiro atoms. The number of rotatable bonds is 4. The summed E-state index contributed by atoms with van der Waals surface area (Å²) in [4.78, 5) is 27.5. The molecule has 174 valence electrons. The topological polar surface area (TPSA) is 89.0 Å². The summed E-state index contributed by atoms with van der Waals surface area (Å²) < 4.78 is 43.9. The molecule has 4 heterocycles. The lowest BCUT2D eigenvalue weighted by molar-refractivity contribution is -0.192. The zero-order chi connectivity index (χ0) is 23.2. The van der Waals surface area contributed by atoms with Crippen LogP contribution in [0.15, 0.2) is 41.4 Å². The Morgan fingerprint density at radius 3 is 2.66 bits per heavy atom. The third-order valence-electron chi connectivity index (χ3n) is 5.25. The Morgan fingerprint density at radius 2 is 2.03 bits per heavy atom. The number of carboxylic acid groups (broad SMARTS) is 1. The maximum atomic E-state index is 12.6. The molecule has 0 aromatic carbocycles. The molecule has 2 aliphatic heterocycles. The van der Waals surface area contributed by atoms with Gasteiger partial charge in [0, 0.05) is 30.7 Å². The second-order valence-corrected chi connectivity index (χ2v) is 8.41. The second kappa shape index (κ2) is 10.4. The summed E-state index contributed by atoms with van der Waals surface area (Å²) >= 11 is 1.56. The molecule has 11 heteroatoms. The highest BCUT2D eigenvalue weighted by Crippen LogP contribution is 2.36. The minimum absolute atomic E-state index is 0.0874. The number of pyridine rings is 1. The Kier molecular flexibility index (Phi) is 7.86. The monoisotopic (exact) mass is 472 g/mol. The van der Waals surface area contributed by atoms with Crippen molar-refractivity contribution in [2.24, 2.45) is 0 Å². The summed E-state index contributed by atoms with van der Waals surface area (Å²) in [6.07, 6.45) is 1.39. The number of piperidine rings is 1. The van der Waals surface area contributed by atoms with E-state index < -0.39 is 12.1 Å². The smallest absolute Gasteiger partial charge is 0.475 e. The van der Waals surface area contributed by atoms with Crippen LogP contribution in [-0.4, -0.2) is 64.4 Å². The molecule has 32 heavy (non-hydrogen) atoms. The van der Waals surface area contributed by atoms with Gasteiger partial charge in [-0.25, -0.2) is 4.79 Å². The summed E-state index contributed by atoms with van der Waals surface area (Å²) in [6.45, 7) is 2.65. The van der Waals surface area contributed by atoms with Crippen LogP contribution in [0.2, 0.25) is 0 Å². The van der Waals surface area contributed by atoms with Gasteiger partial charge in [-0.2, -0.15) is 24.5 Å². The van der Waals surface area contributed by atoms with Gasteiger partial charge in [0.2, 0.25) is 0 Å². The Morgan fingerprint density at radius 1 is 1.31 bits per heavy atom. The molecule has 2 aromatic heterocycles. The first-order valence-corrected chi connectivity index (χ1v) is 10.9. The molecule has 7 nitrogen and oxygen atoms in total. The van der Waals surface area contributed by atoms with Crippen LogP contribution in [0.25, 0.3) is 0 Å². The fourth-order valence-corrected chi connectivity index (χ4v) is 4.36. The van der Waals surface area contributed by atoms with E-state index in [9.17, 15) is 18.0 Å². The van der Waals surface area contributed by atoms with E-state index in [1.807, 2.05) is 33.9 Å². The average Bonchev–Trinajstić information content (AvgIpc) is 3.43. The molecule has 0 saturated carbocycles. The number of amides is 1. The van der Waals surface area contributed by atoms with E-state index in [4.69, 9.17) is 19.4 Å². The van der Waals surface area contributed by atoms with Gasteiger partial charge in [0.15, 0.2) is 0 Å². The lowest BCUT2D eigenvalue weighted by Gasteiger charge is -2.39. The number of alkyl halides is 3. The van der Waals surface area contributed by atoms with E-state index in [2.05, 4.69) is 4.98 Å². The van der Waals surface area contributed by atoms with Crippen molar-refractivity contribution in [3.05, 3.63) is 52.5 Å². The molecule has 2 fully saturated rings. The van der Waals surface area contributed by atoms with Crippen LogP contribution < -0.4 is 0 Å². The van der Waals surface area contributed by atoms with Gasteiger partial charge in [-0.05, 0) is 42.0 Å². The molecule has 2 saturated heterocycles. The molecule has 0 bridgehead atoms. The number of carbonyl (C=O) groups is 2. The van der Waals surface area contributed by atoms with Crippen LogP contribution in [0, 0.1) is 0 Å². The van der Waals surface area contributed by atoms with Gasteiger partial charge in [-0.15, -0.1) is 0 Å². The van der Waals surface area contributed by atoms with Crippen molar-refractivity contribution in [3.8, 4) is 0 Å². The van der Waals surface area contributed by atoms with E-state index in [1.165, 1.54) is 0 Å². The van der Waals surface area contributed by atoms with Crippen LogP contribution in [-0.2, 0) is 20.9 Å². The standard InChI is InChI=1S/C19H22N2O3S.C2HF3O2/c22-18(16-4-9-25-13-16)21-8-1-5-19(14-21)10-17(12-24-19)23-11-15-2-6-20-7-3-15;3-2(4,5)1(6)7/h2-4,6-7,9,13,17H,1,5,8,10-12,14H2;(H,6,7)/t17-,19-;/m0./s1. The van der Waals surface area contributed by atoms with E-state index in [0.29, 0.717) is 19.8 Å². The van der Waals surface area contributed by atoms with Crippen LogP contribution in [0.5, 0.6) is 0 Å². The van der Waals surface area contributed by atoms with Gasteiger partial charge in [-0.1, -0.05) is 0 Å². The first kappa shape index (κ1) is 24.1. The number of hydrogen-bond donors (Lipinski definition) is 1. The molecule has 2 atom stereocenters. The minimum atomic E-state index is -5.08. The Bertz CT molecular complexity index is 895. The van der Waals surface area contributed by atoms with Gasteiger partial charge in [-0.3, -0.25) is 9.78 Å². The normalized spacial score (nSPS) is 23.0. The highest BCUT2D eigenvalue weighted by Gasteiger charge is 2.45. The fourth-order valence-electron chi connectivity index (χ4n) is 3.73. The molecule has 2 aromatic rings.